The van der Waals surface area contributed by atoms with Crippen LogP contribution >= 0.6 is 0 Å². The molecule has 0 aliphatic carbocycles. The number of nitrogens with zero attached hydrogens (tertiary/aromatic N) is 1. The molecule has 2 N–H and O–H groups in total. The van der Waals surface area contributed by atoms with Crippen LogP contribution in [0, 0.1) is 5.92 Å². The highest BCUT2D eigenvalue weighted by atomic mass is 14.9. The molecule has 0 saturated carbocycles. The fourth-order valence-electron chi connectivity index (χ4n) is 1.85. The largest absolute Gasteiger partial charge is 0.385 e. The zero-order chi connectivity index (χ0) is 9.64. The van der Waals surface area contributed by atoms with E-state index >= 15 is 0 Å². The van der Waals surface area contributed by atoms with Crippen molar-refractivity contribution in [1.82, 2.24) is 10.3 Å². The normalized spacial score (nSPS) is 21.0. The summed E-state index contributed by atoms with van der Waals surface area (Å²) in [6.07, 6.45) is 6.23. The summed E-state index contributed by atoms with van der Waals surface area (Å²) in [6, 6.07) is 4.01. The predicted octanol–water partition coefficient (Wildman–Crippen LogP) is 1.49. The van der Waals surface area contributed by atoms with Crippen LogP contribution in [-0.2, 0) is 0 Å². The Morgan fingerprint density at radius 1 is 1.43 bits per heavy atom. The van der Waals surface area contributed by atoms with Crippen LogP contribution in [0.15, 0.2) is 24.5 Å². The van der Waals surface area contributed by atoms with Gasteiger partial charge >= 0.3 is 0 Å². The van der Waals surface area contributed by atoms with Crippen molar-refractivity contribution in [2.45, 2.75) is 12.8 Å². The number of hydrogen-bond acceptors (Lipinski definition) is 3. The first-order valence-corrected chi connectivity index (χ1v) is 5.30. The fourth-order valence-corrected chi connectivity index (χ4v) is 1.85. The van der Waals surface area contributed by atoms with E-state index in [0.29, 0.717) is 0 Å². The lowest BCUT2D eigenvalue weighted by atomic mass is 10.1. The lowest BCUT2D eigenvalue weighted by molar-refractivity contribution is 0.549. The standard InChI is InChI=1S/C11H17N3/c1-5-13-9-10(1)2-8-14-11-3-6-12-7-4-11/h3-4,6-7,10,13H,1-2,5,8-9H2,(H,12,14). The van der Waals surface area contributed by atoms with Crippen LogP contribution in [0.4, 0.5) is 5.69 Å². The smallest absolute Gasteiger partial charge is 0.0371 e. The molecular weight excluding hydrogens is 174 g/mol. The van der Waals surface area contributed by atoms with Crippen LogP contribution in [0.25, 0.3) is 0 Å². The molecule has 1 aliphatic rings. The van der Waals surface area contributed by atoms with Crippen LogP contribution in [0.1, 0.15) is 12.8 Å². The highest BCUT2D eigenvalue weighted by molar-refractivity contribution is 5.40. The third kappa shape index (κ3) is 2.70. The Hall–Kier alpha value is -1.09. The van der Waals surface area contributed by atoms with Gasteiger partial charge in [0, 0.05) is 24.6 Å². The monoisotopic (exact) mass is 191 g/mol. The zero-order valence-electron chi connectivity index (χ0n) is 8.37. The Labute approximate surface area is 84.9 Å². The number of hydrogen-bond donors (Lipinski definition) is 2. The van der Waals surface area contributed by atoms with Gasteiger partial charge in [-0.15, -0.1) is 0 Å². The van der Waals surface area contributed by atoms with E-state index < -0.39 is 0 Å². The summed E-state index contributed by atoms with van der Waals surface area (Å²) in [5, 5.41) is 6.79. The van der Waals surface area contributed by atoms with E-state index in [1.807, 2.05) is 24.5 Å². The van der Waals surface area contributed by atoms with Crippen molar-refractivity contribution in [1.29, 1.82) is 0 Å². The summed E-state index contributed by atoms with van der Waals surface area (Å²) < 4.78 is 0. The number of anilines is 1. The van der Waals surface area contributed by atoms with E-state index in [-0.39, 0.29) is 0 Å². The minimum Gasteiger partial charge on any atom is -0.385 e. The number of aromatic nitrogens is 1. The van der Waals surface area contributed by atoms with E-state index in [1.54, 1.807) is 0 Å². The van der Waals surface area contributed by atoms with Crippen molar-refractivity contribution in [3.05, 3.63) is 24.5 Å². The molecule has 14 heavy (non-hydrogen) atoms. The summed E-state index contributed by atoms with van der Waals surface area (Å²) in [7, 11) is 0. The Kier molecular flexibility index (Phi) is 3.35. The molecule has 0 amide bonds. The minimum atomic E-state index is 0.865. The molecule has 76 valence electrons. The molecule has 1 fully saturated rings. The van der Waals surface area contributed by atoms with Gasteiger partial charge in [-0.3, -0.25) is 4.98 Å². The first kappa shape index (κ1) is 9.46. The molecule has 1 aromatic rings. The molecule has 1 unspecified atom stereocenters. The second-order valence-electron chi connectivity index (χ2n) is 3.81. The van der Waals surface area contributed by atoms with Crippen LogP contribution in [0.5, 0.6) is 0 Å². The second-order valence-corrected chi connectivity index (χ2v) is 3.81. The summed E-state index contributed by atoms with van der Waals surface area (Å²) in [5.41, 5.74) is 1.17. The highest BCUT2D eigenvalue weighted by Gasteiger charge is 2.13. The number of rotatable bonds is 4. The average Bonchev–Trinajstić information content (AvgIpc) is 2.72. The fraction of sp³-hybridized carbons (Fsp3) is 0.545. The molecule has 0 spiro atoms. The van der Waals surface area contributed by atoms with Crippen molar-refractivity contribution in [3.8, 4) is 0 Å². The highest BCUT2D eigenvalue weighted by Crippen LogP contribution is 2.12. The summed E-state index contributed by atoms with van der Waals surface area (Å²) in [4.78, 5) is 3.98. The minimum absolute atomic E-state index is 0.865. The molecule has 0 aromatic carbocycles. The van der Waals surface area contributed by atoms with Gasteiger partial charge in [0.2, 0.25) is 0 Å². The molecule has 3 nitrogen and oxygen atoms in total. The Bertz CT molecular complexity index is 254. The SMILES string of the molecule is c1cc(NCCC2CCNC2)ccn1. The third-order valence-corrected chi connectivity index (χ3v) is 2.72. The molecular formula is C11H17N3. The maximum absolute atomic E-state index is 3.98. The van der Waals surface area contributed by atoms with E-state index in [0.717, 1.165) is 12.5 Å². The van der Waals surface area contributed by atoms with E-state index in [9.17, 15) is 0 Å². The van der Waals surface area contributed by atoms with Crippen molar-refractivity contribution >= 4 is 5.69 Å². The van der Waals surface area contributed by atoms with Crippen LogP contribution in [-0.4, -0.2) is 24.6 Å². The molecule has 1 atom stereocenters. The van der Waals surface area contributed by atoms with Crippen LogP contribution < -0.4 is 10.6 Å². The van der Waals surface area contributed by atoms with E-state index in [1.165, 1.54) is 31.6 Å². The number of pyridine rings is 1. The van der Waals surface area contributed by atoms with Gasteiger partial charge in [0.05, 0.1) is 0 Å². The number of nitrogens with one attached hydrogen (secondary N) is 2. The van der Waals surface area contributed by atoms with Crippen molar-refractivity contribution in [3.63, 3.8) is 0 Å². The third-order valence-electron chi connectivity index (χ3n) is 2.72. The Morgan fingerprint density at radius 3 is 3.00 bits per heavy atom. The first-order chi connectivity index (χ1) is 6.95. The van der Waals surface area contributed by atoms with Crippen molar-refractivity contribution in [2.75, 3.05) is 25.0 Å². The van der Waals surface area contributed by atoms with Crippen molar-refractivity contribution in [2.24, 2.45) is 5.92 Å². The van der Waals surface area contributed by atoms with Gasteiger partial charge in [0.25, 0.3) is 0 Å². The first-order valence-electron chi connectivity index (χ1n) is 5.30. The Balaban J connectivity index is 1.67. The van der Waals surface area contributed by atoms with Crippen molar-refractivity contribution < 1.29 is 0 Å². The quantitative estimate of drug-likeness (QED) is 0.757. The van der Waals surface area contributed by atoms with Gasteiger partial charge in [0.1, 0.15) is 0 Å². The zero-order valence-corrected chi connectivity index (χ0v) is 8.37. The van der Waals surface area contributed by atoms with Gasteiger partial charge in [0.15, 0.2) is 0 Å². The maximum atomic E-state index is 3.98. The molecule has 1 aromatic heterocycles. The summed E-state index contributed by atoms with van der Waals surface area (Å²) in [5.74, 6) is 0.865. The molecule has 2 heterocycles. The van der Waals surface area contributed by atoms with Gasteiger partial charge < -0.3 is 10.6 Å². The molecule has 2 rings (SSSR count). The summed E-state index contributed by atoms with van der Waals surface area (Å²) in [6.45, 7) is 3.45. The average molecular weight is 191 g/mol. The second kappa shape index (κ2) is 4.96. The van der Waals surface area contributed by atoms with E-state index in [2.05, 4.69) is 15.6 Å². The maximum Gasteiger partial charge on any atom is 0.0371 e. The van der Waals surface area contributed by atoms with Crippen LogP contribution in [0.2, 0.25) is 0 Å². The molecule has 1 aliphatic heterocycles. The molecule has 0 radical (unpaired) electrons. The predicted molar refractivity (Wildman–Crippen MR) is 58.3 cm³/mol. The van der Waals surface area contributed by atoms with E-state index in [4.69, 9.17) is 0 Å². The lowest BCUT2D eigenvalue weighted by Gasteiger charge is -2.09. The molecule has 3 heteroatoms. The molecule has 1 saturated heterocycles. The lowest BCUT2D eigenvalue weighted by Crippen LogP contribution is -2.12. The molecule has 0 bridgehead atoms. The van der Waals surface area contributed by atoms with Crippen LogP contribution in [0.3, 0.4) is 0 Å². The topological polar surface area (TPSA) is 37.0 Å². The van der Waals surface area contributed by atoms with Gasteiger partial charge in [-0.2, -0.15) is 0 Å². The van der Waals surface area contributed by atoms with Gasteiger partial charge in [-0.1, -0.05) is 0 Å². The summed E-state index contributed by atoms with van der Waals surface area (Å²) >= 11 is 0. The Morgan fingerprint density at radius 2 is 2.29 bits per heavy atom. The van der Waals surface area contributed by atoms with Gasteiger partial charge in [-0.25, -0.2) is 0 Å². The van der Waals surface area contributed by atoms with Gasteiger partial charge in [-0.05, 0) is 44.0 Å².